The number of carbonyl (C=O) groups is 1. The van der Waals surface area contributed by atoms with Gasteiger partial charge in [-0.05, 0) is 42.7 Å². The molecule has 41 heavy (non-hydrogen) atoms. The molecule has 0 bridgehead atoms. The molecule has 0 aliphatic rings. The van der Waals surface area contributed by atoms with Crippen LogP contribution in [0.1, 0.15) is 29.2 Å². The normalized spacial score (nSPS) is 11.1. The maximum atomic E-state index is 11.9. The highest BCUT2D eigenvalue weighted by atomic mass is 35.5. The van der Waals surface area contributed by atoms with Crippen molar-refractivity contribution in [3.8, 4) is 5.75 Å². The molecule has 0 unspecified atom stereocenters. The van der Waals surface area contributed by atoms with E-state index in [4.69, 9.17) is 25.9 Å². The maximum Gasteiger partial charge on any atom is 0.360 e. The van der Waals surface area contributed by atoms with E-state index >= 15 is 0 Å². The number of para-hydroxylation sites is 1. The fraction of sp³-hybridized carbons (Fsp3) is 0.276. The van der Waals surface area contributed by atoms with Crippen molar-refractivity contribution in [2.75, 3.05) is 27.8 Å². The molecule has 0 fully saturated rings. The van der Waals surface area contributed by atoms with Crippen LogP contribution in [0.4, 0.5) is 0 Å². The SMILES string of the molecule is CCN(Cc1ccc(Cl)nc1)/C(=C/[N+](=O)[O-])NC.CO/N=C(/C(=O)OC)c1ccccc1COc1ccccc1C. The number of aryl methyl sites for hydroxylation is 1. The third kappa shape index (κ3) is 10.5. The van der Waals surface area contributed by atoms with E-state index in [2.05, 4.69) is 15.5 Å². The van der Waals surface area contributed by atoms with Gasteiger partial charge in [0.25, 0.3) is 6.20 Å². The number of nitrogens with zero attached hydrogens (tertiary/aromatic N) is 4. The average Bonchev–Trinajstić information content (AvgIpc) is 2.98. The minimum absolute atomic E-state index is 0.110. The van der Waals surface area contributed by atoms with Gasteiger partial charge in [0.2, 0.25) is 0 Å². The zero-order valence-electron chi connectivity index (χ0n) is 23.7. The second kappa shape index (κ2) is 17.1. The second-order valence-corrected chi connectivity index (χ2v) is 8.77. The Hall–Kier alpha value is -4.64. The lowest BCUT2D eigenvalue weighted by atomic mass is 10.0. The van der Waals surface area contributed by atoms with Gasteiger partial charge in [0.1, 0.15) is 24.6 Å². The Labute approximate surface area is 244 Å². The zero-order chi connectivity index (χ0) is 30.2. The van der Waals surface area contributed by atoms with Gasteiger partial charge in [-0.15, -0.1) is 0 Å². The van der Waals surface area contributed by atoms with Gasteiger partial charge in [0, 0.05) is 31.9 Å². The molecule has 3 rings (SSSR count). The molecule has 1 heterocycles. The summed E-state index contributed by atoms with van der Waals surface area (Å²) in [7, 11) is 4.34. The van der Waals surface area contributed by atoms with Crippen molar-refractivity contribution >= 4 is 23.3 Å². The largest absolute Gasteiger partial charge is 0.489 e. The molecule has 218 valence electrons. The van der Waals surface area contributed by atoms with E-state index in [1.807, 2.05) is 67.3 Å². The van der Waals surface area contributed by atoms with Crippen molar-refractivity contribution in [2.45, 2.75) is 27.0 Å². The van der Waals surface area contributed by atoms with Crippen LogP contribution in [0.25, 0.3) is 0 Å². The molecule has 1 N–H and O–H groups in total. The van der Waals surface area contributed by atoms with Crippen LogP contribution in [0.2, 0.25) is 5.15 Å². The molecule has 0 amide bonds. The first kappa shape index (κ1) is 32.6. The molecule has 0 saturated carbocycles. The Balaban J connectivity index is 0.000000296. The summed E-state index contributed by atoms with van der Waals surface area (Å²) in [5, 5.41) is 17.5. The number of oxime groups is 1. The Bertz CT molecular complexity index is 1350. The van der Waals surface area contributed by atoms with Crippen LogP contribution >= 0.6 is 11.6 Å². The van der Waals surface area contributed by atoms with Crippen molar-refractivity contribution in [1.29, 1.82) is 0 Å². The number of esters is 1. The monoisotopic (exact) mass is 583 g/mol. The minimum Gasteiger partial charge on any atom is -0.489 e. The zero-order valence-corrected chi connectivity index (χ0v) is 24.4. The molecule has 0 radical (unpaired) electrons. The number of pyridine rings is 1. The highest BCUT2D eigenvalue weighted by molar-refractivity contribution is 6.43. The molecular weight excluding hydrogens is 550 g/mol. The Morgan fingerprint density at radius 3 is 2.44 bits per heavy atom. The summed E-state index contributed by atoms with van der Waals surface area (Å²) in [4.78, 5) is 32.5. The van der Waals surface area contributed by atoms with Crippen molar-refractivity contribution < 1.29 is 24.0 Å². The van der Waals surface area contributed by atoms with Crippen LogP contribution in [-0.4, -0.2) is 54.3 Å². The van der Waals surface area contributed by atoms with Crippen LogP contribution in [-0.2, 0) is 27.5 Å². The van der Waals surface area contributed by atoms with Crippen molar-refractivity contribution in [2.24, 2.45) is 5.16 Å². The summed E-state index contributed by atoms with van der Waals surface area (Å²) in [5.74, 6) is 0.693. The molecular formula is C29H34ClN5O6. The van der Waals surface area contributed by atoms with Crippen LogP contribution in [0.5, 0.6) is 5.75 Å². The van der Waals surface area contributed by atoms with Crippen LogP contribution < -0.4 is 10.1 Å². The molecule has 0 aliphatic carbocycles. The molecule has 3 aromatic rings. The lowest BCUT2D eigenvalue weighted by molar-refractivity contribution is -0.404. The Kier molecular flexibility index (Phi) is 13.6. The lowest BCUT2D eigenvalue weighted by Crippen LogP contribution is -2.30. The summed E-state index contributed by atoms with van der Waals surface area (Å²) in [5.41, 5.74) is 3.53. The fourth-order valence-corrected chi connectivity index (χ4v) is 3.74. The summed E-state index contributed by atoms with van der Waals surface area (Å²) < 4.78 is 10.6. The number of nitro groups is 1. The van der Waals surface area contributed by atoms with Gasteiger partial charge in [-0.3, -0.25) is 10.1 Å². The Morgan fingerprint density at radius 1 is 1.15 bits per heavy atom. The highest BCUT2D eigenvalue weighted by Gasteiger charge is 2.19. The topological polar surface area (TPSA) is 128 Å². The molecule has 11 nitrogen and oxygen atoms in total. The molecule has 0 saturated heterocycles. The number of rotatable bonds is 12. The number of hydrogen-bond acceptors (Lipinski definition) is 10. The first-order chi connectivity index (χ1) is 19.7. The lowest BCUT2D eigenvalue weighted by Gasteiger charge is -2.23. The van der Waals surface area contributed by atoms with E-state index in [0.29, 0.717) is 36.2 Å². The molecule has 1 aromatic heterocycles. The van der Waals surface area contributed by atoms with Gasteiger partial charge in [-0.1, -0.05) is 65.3 Å². The predicted octanol–water partition coefficient (Wildman–Crippen LogP) is 4.95. The van der Waals surface area contributed by atoms with Crippen molar-refractivity contribution in [1.82, 2.24) is 15.2 Å². The third-order valence-electron chi connectivity index (χ3n) is 5.68. The third-order valence-corrected chi connectivity index (χ3v) is 5.90. The number of methoxy groups -OCH3 is 1. The van der Waals surface area contributed by atoms with Crippen molar-refractivity contribution in [3.63, 3.8) is 0 Å². The summed E-state index contributed by atoms with van der Waals surface area (Å²) >= 11 is 5.70. The molecule has 0 spiro atoms. The quantitative estimate of drug-likeness (QED) is 0.103. The van der Waals surface area contributed by atoms with E-state index in [9.17, 15) is 14.9 Å². The number of halogens is 1. The maximum absolute atomic E-state index is 11.9. The number of nitrogens with one attached hydrogen (secondary N) is 1. The van der Waals surface area contributed by atoms with Gasteiger partial charge in [0.15, 0.2) is 11.5 Å². The molecule has 0 atom stereocenters. The molecule has 12 heteroatoms. The van der Waals surface area contributed by atoms with Gasteiger partial charge < -0.3 is 24.5 Å². The first-order valence-electron chi connectivity index (χ1n) is 12.6. The van der Waals surface area contributed by atoms with E-state index in [1.165, 1.54) is 14.2 Å². The minimum atomic E-state index is -0.560. The van der Waals surface area contributed by atoms with E-state index in [-0.39, 0.29) is 5.71 Å². The second-order valence-electron chi connectivity index (χ2n) is 8.38. The van der Waals surface area contributed by atoms with E-state index in [1.54, 1.807) is 25.4 Å². The number of ether oxygens (including phenoxy) is 2. The molecule has 0 aliphatic heterocycles. The smallest absolute Gasteiger partial charge is 0.360 e. The summed E-state index contributed by atoms with van der Waals surface area (Å²) in [6.07, 6.45) is 2.61. The molecule has 2 aromatic carbocycles. The van der Waals surface area contributed by atoms with Gasteiger partial charge in [0.05, 0.1) is 12.0 Å². The summed E-state index contributed by atoms with van der Waals surface area (Å²) in [6, 6.07) is 18.7. The number of benzene rings is 2. The number of aromatic nitrogens is 1. The number of carbonyl (C=O) groups excluding carboxylic acids is 1. The van der Waals surface area contributed by atoms with E-state index in [0.717, 1.165) is 28.6 Å². The Morgan fingerprint density at radius 2 is 1.85 bits per heavy atom. The van der Waals surface area contributed by atoms with Gasteiger partial charge >= 0.3 is 5.97 Å². The first-order valence-corrected chi connectivity index (χ1v) is 13.0. The number of hydrogen-bond donors (Lipinski definition) is 1. The standard InChI is InChI=1S/C18H19NO4.C11H15ClN4O2/c1-13-8-4-7-11-16(13)23-12-14-9-5-6-10-15(14)17(19-22-3)18(20)21-2;1-3-15(11(13-2)8-16(17)18)7-9-4-5-10(12)14-6-9/h4-11H,12H2,1-3H3;4-6,8,13H,3,7H2,1-2H3/b19-17+;11-8+. The van der Waals surface area contributed by atoms with E-state index < -0.39 is 10.9 Å². The predicted molar refractivity (Wildman–Crippen MR) is 157 cm³/mol. The highest BCUT2D eigenvalue weighted by Crippen LogP contribution is 2.20. The van der Waals surface area contributed by atoms with Crippen molar-refractivity contribution in [3.05, 3.63) is 116 Å². The van der Waals surface area contributed by atoms with Gasteiger partial charge in [-0.25, -0.2) is 9.78 Å². The fourth-order valence-electron chi connectivity index (χ4n) is 3.63. The van der Waals surface area contributed by atoms with Crippen LogP contribution in [0, 0.1) is 17.0 Å². The van der Waals surface area contributed by atoms with Gasteiger partial charge in [-0.2, -0.15) is 0 Å². The van der Waals surface area contributed by atoms with Crippen LogP contribution in [0.15, 0.2) is 84.0 Å². The average molecular weight is 584 g/mol. The summed E-state index contributed by atoms with van der Waals surface area (Å²) in [6.45, 7) is 5.38. The van der Waals surface area contributed by atoms with Crippen LogP contribution in [0.3, 0.4) is 0 Å².